The molecule has 0 fully saturated rings. The van der Waals surface area contributed by atoms with Gasteiger partial charge in [0.25, 0.3) is 15.9 Å². The highest BCUT2D eigenvalue weighted by Crippen LogP contribution is 2.24. The van der Waals surface area contributed by atoms with E-state index in [2.05, 4.69) is 11.1 Å². The first-order valence-corrected chi connectivity index (χ1v) is 13.5. The van der Waals surface area contributed by atoms with Gasteiger partial charge in [-0.1, -0.05) is 35.6 Å². The van der Waals surface area contributed by atoms with Gasteiger partial charge in [0, 0.05) is 25.8 Å². The number of ether oxygens (including phenoxy) is 1. The number of amides is 1. The van der Waals surface area contributed by atoms with Gasteiger partial charge in [0.1, 0.15) is 0 Å². The first-order valence-electron chi connectivity index (χ1n) is 11.2. The highest BCUT2D eigenvalue weighted by molar-refractivity contribution is 7.92. The lowest BCUT2D eigenvalue weighted by Gasteiger charge is -2.22. The zero-order valence-corrected chi connectivity index (χ0v) is 21.5. The van der Waals surface area contributed by atoms with Crippen LogP contribution in [0.2, 0.25) is 0 Å². The summed E-state index contributed by atoms with van der Waals surface area (Å²) in [5.74, 6) is -0.432. The summed E-state index contributed by atoms with van der Waals surface area (Å²) in [4.78, 5) is 18.1. The van der Waals surface area contributed by atoms with Crippen molar-refractivity contribution in [2.45, 2.75) is 25.3 Å². The van der Waals surface area contributed by atoms with E-state index in [0.29, 0.717) is 29.2 Å². The summed E-state index contributed by atoms with van der Waals surface area (Å²) in [6.45, 7) is 5.15. The largest absolute Gasteiger partial charge is 0.383 e. The molecule has 4 aromatic rings. The molecule has 0 spiro atoms. The van der Waals surface area contributed by atoms with Crippen molar-refractivity contribution in [2.24, 2.45) is 4.99 Å². The number of hydrogen-bond acceptors (Lipinski definition) is 5. The van der Waals surface area contributed by atoms with Crippen LogP contribution in [-0.4, -0.2) is 39.2 Å². The zero-order chi connectivity index (χ0) is 25.0. The maximum absolute atomic E-state index is 13.2. The molecule has 0 bridgehead atoms. The highest BCUT2D eigenvalue weighted by Gasteiger charge is 2.23. The summed E-state index contributed by atoms with van der Waals surface area (Å²) in [5.41, 5.74) is 3.03. The number of fused-ring (bicyclic) bond motifs is 1. The van der Waals surface area contributed by atoms with Gasteiger partial charge < -0.3 is 9.30 Å². The molecule has 4 rings (SSSR count). The van der Waals surface area contributed by atoms with E-state index in [1.165, 1.54) is 39.9 Å². The molecule has 182 valence electrons. The van der Waals surface area contributed by atoms with Crippen molar-refractivity contribution in [1.82, 2.24) is 4.57 Å². The van der Waals surface area contributed by atoms with E-state index in [4.69, 9.17) is 4.74 Å². The van der Waals surface area contributed by atoms with Crippen LogP contribution in [0.15, 0.2) is 82.7 Å². The second-order valence-electron chi connectivity index (χ2n) is 7.95. The van der Waals surface area contributed by atoms with E-state index in [1.807, 2.05) is 29.7 Å². The van der Waals surface area contributed by atoms with Crippen LogP contribution in [0.4, 0.5) is 5.69 Å². The van der Waals surface area contributed by atoms with Crippen molar-refractivity contribution in [3.8, 4) is 0 Å². The SMILES string of the molecule is CCN(c1ccccc1)S(=O)(=O)c1ccc(C(=O)N=c2sc3cc(C)ccc3n2CCOC)cc1. The topological polar surface area (TPSA) is 81.0 Å². The number of carbonyl (C=O) groups excluding carboxylic acids is 1. The zero-order valence-electron chi connectivity index (χ0n) is 19.8. The van der Waals surface area contributed by atoms with E-state index in [9.17, 15) is 13.2 Å². The van der Waals surface area contributed by atoms with Crippen LogP contribution in [-0.2, 0) is 21.3 Å². The third-order valence-electron chi connectivity index (χ3n) is 5.58. The maximum Gasteiger partial charge on any atom is 0.279 e. The number of nitrogens with zero attached hydrogens (tertiary/aromatic N) is 3. The molecule has 0 radical (unpaired) electrons. The molecule has 0 unspecified atom stereocenters. The molecule has 1 heterocycles. The van der Waals surface area contributed by atoms with E-state index in [0.717, 1.165) is 15.8 Å². The standard InChI is InChI=1S/C26H27N3O4S2/c1-4-29(21-8-6-5-7-9-21)35(31,32)22-13-11-20(12-14-22)25(30)27-26-28(16-17-33-3)23-15-10-19(2)18-24(23)34-26/h5-15,18H,4,16-17H2,1-3H3. The number of anilines is 1. The summed E-state index contributed by atoms with van der Waals surface area (Å²) < 4.78 is 36.0. The summed E-state index contributed by atoms with van der Waals surface area (Å²) in [6, 6.07) is 21.0. The van der Waals surface area contributed by atoms with E-state index < -0.39 is 15.9 Å². The van der Waals surface area contributed by atoms with Crippen molar-refractivity contribution in [1.29, 1.82) is 0 Å². The Morgan fingerprint density at radius 2 is 1.77 bits per heavy atom. The van der Waals surface area contributed by atoms with Crippen LogP contribution < -0.4 is 9.11 Å². The number of benzene rings is 3. The molecular formula is C26H27N3O4S2. The number of carbonyl (C=O) groups is 1. The van der Waals surface area contributed by atoms with Crippen LogP contribution in [0.5, 0.6) is 0 Å². The van der Waals surface area contributed by atoms with Gasteiger partial charge in [-0.25, -0.2) is 8.42 Å². The number of hydrogen-bond donors (Lipinski definition) is 0. The van der Waals surface area contributed by atoms with Gasteiger partial charge in [0.05, 0.1) is 27.4 Å². The van der Waals surface area contributed by atoms with Crippen molar-refractivity contribution >= 4 is 43.2 Å². The summed E-state index contributed by atoms with van der Waals surface area (Å²) >= 11 is 1.44. The fourth-order valence-corrected chi connectivity index (χ4v) is 6.42. The Kier molecular flexibility index (Phi) is 7.49. The van der Waals surface area contributed by atoms with Crippen LogP contribution >= 0.6 is 11.3 Å². The van der Waals surface area contributed by atoms with Crippen LogP contribution in [0.1, 0.15) is 22.8 Å². The molecule has 0 aliphatic rings. The van der Waals surface area contributed by atoms with Crippen LogP contribution in [0.3, 0.4) is 0 Å². The lowest BCUT2D eigenvalue weighted by atomic mass is 10.2. The van der Waals surface area contributed by atoms with Gasteiger partial charge in [-0.2, -0.15) is 4.99 Å². The third-order valence-corrected chi connectivity index (χ3v) is 8.53. The van der Waals surface area contributed by atoms with Crippen molar-refractivity contribution in [3.05, 3.63) is 88.7 Å². The highest BCUT2D eigenvalue weighted by atomic mass is 32.2. The number of rotatable bonds is 8. The molecule has 0 aliphatic carbocycles. The van der Waals surface area contributed by atoms with Gasteiger partial charge in [0.15, 0.2) is 4.80 Å². The smallest absolute Gasteiger partial charge is 0.279 e. The number of aromatic nitrogens is 1. The monoisotopic (exact) mass is 509 g/mol. The van der Waals surface area contributed by atoms with Crippen molar-refractivity contribution < 1.29 is 17.9 Å². The van der Waals surface area contributed by atoms with Gasteiger partial charge in [-0.05, 0) is 67.9 Å². The molecule has 0 N–H and O–H groups in total. The third kappa shape index (κ3) is 5.22. The second kappa shape index (κ2) is 10.6. The van der Waals surface area contributed by atoms with E-state index in [1.54, 1.807) is 38.3 Å². The van der Waals surface area contributed by atoms with Crippen LogP contribution in [0, 0.1) is 6.92 Å². The summed E-state index contributed by atoms with van der Waals surface area (Å²) in [6.07, 6.45) is 0. The number of aryl methyl sites for hydroxylation is 1. The molecule has 0 saturated carbocycles. The molecule has 1 aromatic heterocycles. The van der Waals surface area contributed by atoms with Crippen molar-refractivity contribution in [3.63, 3.8) is 0 Å². The van der Waals surface area contributed by atoms with Gasteiger partial charge in [0.2, 0.25) is 0 Å². The Morgan fingerprint density at radius 3 is 2.43 bits per heavy atom. The van der Waals surface area contributed by atoms with Crippen LogP contribution in [0.25, 0.3) is 10.2 Å². The Labute approximate surface area is 209 Å². The second-order valence-corrected chi connectivity index (χ2v) is 10.8. The molecule has 3 aromatic carbocycles. The minimum absolute atomic E-state index is 0.118. The van der Waals surface area contributed by atoms with Crippen molar-refractivity contribution in [2.75, 3.05) is 24.6 Å². The molecule has 0 atom stereocenters. The van der Waals surface area contributed by atoms with Gasteiger partial charge in [-0.3, -0.25) is 9.10 Å². The Hall–Kier alpha value is -3.27. The average Bonchev–Trinajstić information content (AvgIpc) is 3.19. The Morgan fingerprint density at radius 1 is 1.06 bits per heavy atom. The summed E-state index contributed by atoms with van der Waals surface area (Å²) in [5, 5.41) is 0. The molecule has 7 nitrogen and oxygen atoms in total. The maximum atomic E-state index is 13.2. The van der Waals surface area contributed by atoms with Gasteiger partial charge in [-0.15, -0.1) is 0 Å². The first-order chi connectivity index (χ1) is 16.8. The number of methoxy groups -OCH3 is 1. The summed E-state index contributed by atoms with van der Waals surface area (Å²) in [7, 11) is -2.14. The van der Waals surface area contributed by atoms with E-state index >= 15 is 0 Å². The molecule has 0 saturated heterocycles. The lowest BCUT2D eigenvalue weighted by Crippen LogP contribution is -2.30. The first kappa shape index (κ1) is 24.8. The minimum atomic E-state index is -3.77. The Balaban J connectivity index is 1.66. The minimum Gasteiger partial charge on any atom is -0.383 e. The predicted molar refractivity (Wildman–Crippen MR) is 139 cm³/mol. The number of thiazole rings is 1. The molecule has 0 aliphatic heterocycles. The molecule has 35 heavy (non-hydrogen) atoms. The number of sulfonamides is 1. The fourth-order valence-electron chi connectivity index (χ4n) is 3.80. The normalized spacial score (nSPS) is 12.3. The number of para-hydroxylation sites is 1. The molecule has 9 heteroatoms. The fraction of sp³-hybridized carbons (Fsp3) is 0.231. The Bertz CT molecular complexity index is 1510. The average molecular weight is 510 g/mol. The lowest BCUT2D eigenvalue weighted by molar-refractivity contribution is 0.0997. The predicted octanol–water partition coefficient (Wildman–Crippen LogP) is 4.61. The quantitative estimate of drug-likeness (QED) is 0.347. The van der Waals surface area contributed by atoms with Gasteiger partial charge >= 0.3 is 0 Å². The van der Waals surface area contributed by atoms with E-state index in [-0.39, 0.29) is 11.4 Å². The molecular weight excluding hydrogens is 482 g/mol. The molecule has 1 amide bonds.